The first-order valence-electron chi connectivity index (χ1n) is 7.94. The van der Waals surface area contributed by atoms with Crippen molar-refractivity contribution in [2.45, 2.75) is 25.8 Å². The van der Waals surface area contributed by atoms with Crippen LogP contribution in [0, 0.1) is 0 Å². The monoisotopic (exact) mass is 312 g/mol. The highest BCUT2D eigenvalue weighted by atomic mass is 16.3. The van der Waals surface area contributed by atoms with E-state index in [2.05, 4.69) is 5.32 Å². The Morgan fingerprint density at radius 3 is 2.35 bits per heavy atom. The number of amides is 2. The molecule has 0 atom stereocenters. The summed E-state index contributed by atoms with van der Waals surface area (Å²) >= 11 is 0. The number of benzene rings is 1. The van der Waals surface area contributed by atoms with Gasteiger partial charge in [-0.1, -0.05) is 0 Å². The average molecular weight is 312 g/mol. The smallest absolute Gasteiger partial charge is 0.253 e. The fraction of sp³-hybridized carbons (Fsp3) is 0.333. The molecule has 0 radical (unpaired) electrons. The first kappa shape index (κ1) is 15.3. The number of hydrogen-bond donors (Lipinski definition) is 1. The maximum Gasteiger partial charge on any atom is 0.253 e. The molecule has 1 fully saturated rings. The van der Waals surface area contributed by atoms with Gasteiger partial charge in [-0.15, -0.1) is 0 Å². The molecule has 0 spiro atoms. The van der Waals surface area contributed by atoms with E-state index in [0.717, 1.165) is 25.9 Å². The molecule has 1 saturated heterocycles. The number of rotatable bonds is 4. The van der Waals surface area contributed by atoms with Crippen molar-refractivity contribution in [3.8, 4) is 0 Å². The molecule has 120 valence electrons. The Hall–Kier alpha value is -2.56. The topological polar surface area (TPSA) is 62.6 Å². The standard InChI is InChI=1S/C18H20N2O3/c21-17(19-13-16-5-4-12-23-16)14-6-8-15(9-7-14)18(22)20-10-2-1-3-11-20/h4-9,12H,1-3,10-11,13H2,(H,19,21). The van der Waals surface area contributed by atoms with E-state index in [4.69, 9.17) is 4.42 Å². The van der Waals surface area contributed by atoms with Crippen molar-refractivity contribution >= 4 is 11.8 Å². The Labute approximate surface area is 135 Å². The normalized spacial score (nSPS) is 14.5. The Kier molecular flexibility index (Phi) is 4.76. The summed E-state index contributed by atoms with van der Waals surface area (Å²) < 4.78 is 5.17. The molecule has 2 aromatic rings. The third-order valence-corrected chi connectivity index (χ3v) is 4.04. The van der Waals surface area contributed by atoms with Crippen LogP contribution >= 0.6 is 0 Å². The van der Waals surface area contributed by atoms with Crippen LogP contribution in [-0.2, 0) is 6.54 Å². The summed E-state index contributed by atoms with van der Waals surface area (Å²) in [5, 5.41) is 2.79. The molecule has 1 aromatic heterocycles. The number of carbonyl (C=O) groups is 2. The van der Waals surface area contributed by atoms with E-state index < -0.39 is 0 Å². The molecule has 2 amide bonds. The second kappa shape index (κ2) is 7.13. The van der Waals surface area contributed by atoms with Crippen molar-refractivity contribution in [3.63, 3.8) is 0 Å². The minimum Gasteiger partial charge on any atom is -0.467 e. The Morgan fingerprint density at radius 2 is 1.70 bits per heavy atom. The van der Waals surface area contributed by atoms with Gasteiger partial charge in [0.15, 0.2) is 0 Å². The number of carbonyl (C=O) groups excluding carboxylic acids is 2. The van der Waals surface area contributed by atoms with Gasteiger partial charge in [0.1, 0.15) is 5.76 Å². The molecule has 5 heteroatoms. The van der Waals surface area contributed by atoms with Crippen molar-refractivity contribution in [1.29, 1.82) is 0 Å². The molecule has 0 bridgehead atoms. The van der Waals surface area contributed by atoms with Gasteiger partial charge in [0.05, 0.1) is 12.8 Å². The number of furan rings is 1. The zero-order chi connectivity index (χ0) is 16.1. The zero-order valence-corrected chi connectivity index (χ0v) is 13.0. The van der Waals surface area contributed by atoms with Crippen molar-refractivity contribution in [2.75, 3.05) is 13.1 Å². The highest BCUT2D eigenvalue weighted by Gasteiger charge is 2.18. The van der Waals surface area contributed by atoms with Gasteiger partial charge in [-0.25, -0.2) is 0 Å². The first-order valence-corrected chi connectivity index (χ1v) is 7.94. The summed E-state index contributed by atoms with van der Waals surface area (Å²) in [5.74, 6) is 0.570. The number of piperidine rings is 1. The third kappa shape index (κ3) is 3.80. The Balaban J connectivity index is 1.59. The lowest BCUT2D eigenvalue weighted by molar-refractivity contribution is 0.0724. The molecular weight excluding hydrogens is 292 g/mol. The summed E-state index contributed by atoms with van der Waals surface area (Å²) in [6, 6.07) is 10.4. The summed E-state index contributed by atoms with van der Waals surface area (Å²) in [5.41, 5.74) is 1.17. The minimum atomic E-state index is -0.182. The van der Waals surface area contributed by atoms with Gasteiger partial charge in [0.25, 0.3) is 11.8 Å². The largest absolute Gasteiger partial charge is 0.467 e. The van der Waals surface area contributed by atoms with E-state index >= 15 is 0 Å². The maximum absolute atomic E-state index is 12.4. The minimum absolute atomic E-state index is 0.0484. The quantitative estimate of drug-likeness (QED) is 0.944. The van der Waals surface area contributed by atoms with Crippen LogP contribution in [0.5, 0.6) is 0 Å². The van der Waals surface area contributed by atoms with Gasteiger partial charge >= 0.3 is 0 Å². The summed E-state index contributed by atoms with van der Waals surface area (Å²) in [4.78, 5) is 26.3. The lowest BCUT2D eigenvalue weighted by Crippen LogP contribution is -2.35. The van der Waals surface area contributed by atoms with E-state index in [1.54, 1.807) is 42.7 Å². The third-order valence-electron chi connectivity index (χ3n) is 4.04. The van der Waals surface area contributed by atoms with E-state index in [0.29, 0.717) is 23.4 Å². The fourth-order valence-corrected chi connectivity index (χ4v) is 2.73. The summed E-state index contributed by atoms with van der Waals surface area (Å²) in [6.07, 6.45) is 4.90. The van der Waals surface area contributed by atoms with Crippen LogP contribution in [-0.4, -0.2) is 29.8 Å². The predicted molar refractivity (Wildman–Crippen MR) is 86.1 cm³/mol. The van der Waals surface area contributed by atoms with Gasteiger partial charge < -0.3 is 14.6 Å². The molecular formula is C18H20N2O3. The molecule has 5 nitrogen and oxygen atoms in total. The van der Waals surface area contributed by atoms with Crippen LogP contribution in [0.15, 0.2) is 47.1 Å². The molecule has 0 aliphatic carbocycles. The Morgan fingerprint density at radius 1 is 1.00 bits per heavy atom. The molecule has 0 saturated carbocycles. The van der Waals surface area contributed by atoms with Crippen molar-refractivity contribution in [2.24, 2.45) is 0 Å². The molecule has 1 aromatic carbocycles. The molecule has 2 heterocycles. The summed E-state index contributed by atoms with van der Waals surface area (Å²) in [6.45, 7) is 1.99. The lowest BCUT2D eigenvalue weighted by atomic mass is 10.1. The zero-order valence-electron chi connectivity index (χ0n) is 13.0. The maximum atomic E-state index is 12.4. The highest BCUT2D eigenvalue weighted by molar-refractivity contribution is 5.97. The second-order valence-electron chi connectivity index (χ2n) is 5.69. The Bertz CT molecular complexity index is 656. The van der Waals surface area contributed by atoms with Crippen LogP contribution < -0.4 is 5.32 Å². The predicted octanol–water partition coefficient (Wildman–Crippen LogP) is 2.84. The van der Waals surface area contributed by atoms with Crippen LogP contribution in [0.3, 0.4) is 0 Å². The van der Waals surface area contributed by atoms with Gasteiger partial charge in [-0.3, -0.25) is 9.59 Å². The van der Waals surface area contributed by atoms with Gasteiger partial charge in [-0.2, -0.15) is 0 Å². The van der Waals surface area contributed by atoms with E-state index in [9.17, 15) is 9.59 Å². The van der Waals surface area contributed by atoms with Crippen LogP contribution in [0.4, 0.5) is 0 Å². The molecule has 0 unspecified atom stereocenters. The average Bonchev–Trinajstić information content (AvgIpc) is 3.13. The number of nitrogens with one attached hydrogen (secondary N) is 1. The number of nitrogens with zero attached hydrogens (tertiary/aromatic N) is 1. The van der Waals surface area contributed by atoms with Crippen molar-refractivity contribution in [1.82, 2.24) is 10.2 Å². The lowest BCUT2D eigenvalue weighted by Gasteiger charge is -2.26. The SMILES string of the molecule is O=C(NCc1ccco1)c1ccc(C(=O)N2CCCCC2)cc1. The first-order chi connectivity index (χ1) is 11.2. The second-order valence-corrected chi connectivity index (χ2v) is 5.69. The van der Waals surface area contributed by atoms with Crippen LogP contribution in [0.25, 0.3) is 0 Å². The molecule has 23 heavy (non-hydrogen) atoms. The van der Waals surface area contributed by atoms with E-state index in [1.807, 2.05) is 4.90 Å². The van der Waals surface area contributed by atoms with E-state index in [-0.39, 0.29) is 11.8 Å². The number of hydrogen-bond acceptors (Lipinski definition) is 3. The van der Waals surface area contributed by atoms with Crippen molar-refractivity contribution in [3.05, 3.63) is 59.5 Å². The molecule has 1 aliphatic heterocycles. The van der Waals surface area contributed by atoms with Gasteiger partial charge in [0.2, 0.25) is 0 Å². The van der Waals surface area contributed by atoms with E-state index in [1.165, 1.54) is 6.42 Å². The molecule has 1 N–H and O–H groups in total. The summed E-state index contributed by atoms with van der Waals surface area (Å²) in [7, 11) is 0. The van der Waals surface area contributed by atoms with Crippen molar-refractivity contribution < 1.29 is 14.0 Å². The highest BCUT2D eigenvalue weighted by Crippen LogP contribution is 2.14. The van der Waals surface area contributed by atoms with Crippen LogP contribution in [0.1, 0.15) is 45.7 Å². The number of likely N-dealkylation sites (tertiary alicyclic amines) is 1. The molecule has 1 aliphatic rings. The fourth-order valence-electron chi connectivity index (χ4n) is 2.73. The van der Waals surface area contributed by atoms with Gasteiger partial charge in [0, 0.05) is 24.2 Å². The van der Waals surface area contributed by atoms with Gasteiger partial charge in [-0.05, 0) is 55.7 Å². The van der Waals surface area contributed by atoms with Crippen LogP contribution in [0.2, 0.25) is 0 Å². The molecule has 3 rings (SSSR count).